The Morgan fingerprint density at radius 3 is 1.08 bits per heavy atom. The van der Waals surface area contributed by atoms with E-state index in [4.69, 9.17) is 15.3 Å². The highest BCUT2D eigenvalue weighted by atomic mass is 19.4. The van der Waals surface area contributed by atoms with Gasteiger partial charge in [0.25, 0.3) is 0 Å². The first-order valence-electron chi connectivity index (χ1n) is 5.08. The lowest BCUT2D eigenvalue weighted by molar-refractivity contribution is -0.474. The summed E-state index contributed by atoms with van der Waals surface area (Å²) < 4.78 is 164. The van der Waals surface area contributed by atoms with Crippen LogP contribution in [0.5, 0.6) is 0 Å². The van der Waals surface area contributed by atoms with E-state index in [0.717, 1.165) is 0 Å². The number of carbonyl (C=O) groups is 1. The third kappa shape index (κ3) is 2.76. The lowest BCUT2D eigenvalue weighted by atomic mass is 9.89. The first-order valence-corrected chi connectivity index (χ1v) is 5.08. The molecular weight excluding hydrogens is 407 g/mol. The van der Waals surface area contributed by atoms with Gasteiger partial charge in [0.15, 0.2) is 0 Å². The van der Waals surface area contributed by atoms with Crippen LogP contribution in [0.15, 0.2) is 0 Å². The molecule has 3 N–H and O–H groups in total. The van der Waals surface area contributed by atoms with Gasteiger partial charge in [-0.1, -0.05) is 0 Å². The van der Waals surface area contributed by atoms with Crippen molar-refractivity contribution in [1.29, 1.82) is 0 Å². The van der Waals surface area contributed by atoms with E-state index in [1.165, 1.54) is 0 Å². The van der Waals surface area contributed by atoms with Gasteiger partial charge in [-0.05, 0) is 0 Å². The molecule has 0 aliphatic heterocycles. The maximum atomic E-state index is 13.0. The van der Waals surface area contributed by atoms with Gasteiger partial charge in [-0.3, -0.25) is 0 Å². The van der Waals surface area contributed by atoms with Gasteiger partial charge in [-0.2, -0.15) is 57.1 Å². The van der Waals surface area contributed by atoms with Crippen LogP contribution in [0.4, 0.5) is 57.1 Å². The van der Waals surface area contributed by atoms with Crippen LogP contribution in [0, 0.1) is 0 Å². The van der Waals surface area contributed by atoms with Crippen LogP contribution >= 0.6 is 0 Å². The molecule has 0 aliphatic carbocycles. The Hall–Kier alpha value is -1.52. The summed E-state index contributed by atoms with van der Waals surface area (Å²) in [7, 11) is 0. The number of rotatable bonds is 6. The largest absolute Gasteiger partial charge is 0.477 e. The van der Waals surface area contributed by atoms with E-state index in [1.54, 1.807) is 0 Å². The molecule has 0 bridgehead atoms. The predicted molar refractivity (Wildman–Crippen MR) is 45.6 cm³/mol. The lowest BCUT2D eigenvalue weighted by Gasteiger charge is -2.42. The number of aliphatic carboxylic acids is 1. The van der Waals surface area contributed by atoms with E-state index in [0.29, 0.717) is 0 Å². The monoisotopic (exact) mass is 410 g/mol. The maximum absolute atomic E-state index is 13.0. The van der Waals surface area contributed by atoms with Gasteiger partial charge in [0.05, 0.1) is 0 Å². The highest BCUT2D eigenvalue weighted by Crippen LogP contribution is 2.59. The second-order valence-electron chi connectivity index (χ2n) is 4.34. The quantitative estimate of drug-likeness (QED) is 0.589. The molecule has 0 heterocycles. The molecule has 0 fully saturated rings. The Balaban J connectivity index is 6.55. The van der Waals surface area contributed by atoms with E-state index in [2.05, 4.69) is 0 Å². The molecule has 2 atom stereocenters. The van der Waals surface area contributed by atoms with Crippen molar-refractivity contribution in [1.82, 2.24) is 0 Å². The Morgan fingerprint density at radius 2 is 0.840 bits per heavy atom. The van der Waals surface area contributed by atoms with E-state index in [1.807, 2.05) is 0 Å². The highest BCUT2D eigenvalue weighted by Gasteiger charge is 2.92. The van der Waals surface area contributed by atoms with Gasteiger partial charge >= 0.3 is 47.5 Å². The number of carboxylic acids is 1. The first kappa shape index (κ1) is 23.5. The van der Waals surface area contributed by atoms with Gasteiger partial charge in [0.2, 0.25) is 0 Å². The number of hydrogen-bond acceptors (Lipinski definition) is 3. The molecule has 0 saturated carbocycles. The van der Waals surface area contributed by atoms with E-state index < -0.39 is 47.5 Å². The Kier molecular flexibility index (Phi) is 5.15. The summed E-state index contributed by atoms with van der Waals surface area (Å²) in [4.78, 5) is 9.83. The molecule has 0 aromatic rings. The van der Waals surface area contributed by atoms with Crippen molar-refractivity contribution >= 4 is 5.97 Å². The van der Waals surface area contributed by atoms with Crippen LogP contribution in [0.2, 0.25) is 0 Å². The molecule has 2 unspecified atom stereocenters. The zero-order valence-electron chi connectivity index (χ0n) is 10.7. The van der Waals surface area contributed by atoms with Crippen LogP contribution < -0.4 is 0 Å². The van der Waals surface area contributed by atoms with Crippen molar-refractivity contribution in [3.05, 3.63) is 0 Å². The minimum atomic E-state index is -8.12. The fraction of sp³-hybridized carbons (Fsp3) is 0.875. The van der Waals surface area contributed by atoms with Gasteiger partial charge in [0.1, 0.15) is 0 Å². The minimum Gasteiger partial charge on any atom is -0.477 e. The summed E-state index contributed by atoms with van der Waals surface area (Å²) >= 11 is 0. The van der Waals surface area contributed by atoms with Crippen LogP contribution in [0.25, 0.3) is 0 Å². The third-order valence-electron chi connectivity index (χ3n) is 2.68. The molecule has 17 heteroatoms. The van der Waals surface area contributed by atoms with Crippen molar-refractivity contribution in [3.8, 4) is 0 Å². The van der Waals surface area contributed by atoms with Crippen LogP contribution in [-0.4, -0.2) is 62.9 Å². The van der Waals surface area contributed by atoms with Gasteiger partial charge in [-0.15, -0.1) is 0 Å². The van der Waals surface area contributed by atoms with E-state index >= 15 is 0 Å². The maximum Gasteiger partial charge on any atom is 0.459 e. The average molecular weight is 410 g/mol. The first-order chi connectivity index (χ1) is 10.4. The predicted octanol–water partition coefficient (Wildman–Crippen LogP) is 2.49. The Bertz CT molecular complexity index is 535. The van der Waals surface area contributed by atoms with Crippen molar-refractivity contribution in [2.45, 2.75) is 41.6 Å². The molecule has 0 saturated heterocycles. The zero-order chi connectivity index (χ0) is 21.1. The summed E-state index contributed by atoms with van der Waals surface area (Å²) in [6, 6.07) is 0. The Morgan fingerprint density at radius 1 is 0.560 bits per heavy atom. The molecular formula is C8H3F13O4. The number of carboxylic acid groups (broad SMARTS) is 1. The number of halogens is 13. The van der Waals surface area contributed by atoms with Gasteiger partial charge < -0.3 is 15.3 Å². The fourth-order valence-corrected chi connectivity index (χ4v) is 1.14. The standard InChI is InChI=1S/C8H3F13O4/c9-2(10,1(22)23)6(17,24)3(11,12)4(13,14)7(18,25)5(15,16)8(19,20)21/h24-25H,(H,22,23). The molecule has 0 spiro atoms. The molecule has 150 valence electrons. The van der Waals surface area contributed by atoms with Crippen LogP contribution in [-0.2, 0) is 4.79 Å². The molecule has 0 aromatic carbocycles. The fourth-order valence-electron chi connectivity index (χ4n) is 1.14. The van der Waals surface area contributed by atoms with Gasteiger partial charge in [-0.25, -0.2) is 4.79 Å². The number of aliphatic hydroxyl groups is 2. The molecule has 0 amide bonds. The summed E-state index contributed by atoms with van der Waals surface area (Å²) in [5.41, 5.74) is 0. The third-order valence-corrected chi connectivity index (χ3v) is 2.68. The molecule has 0 radical (unpaired) electrons. The summed E-state index contributed by atoms with van der Waals surface area (Å²) in [6.45, 7) is 0. The van der Waals surface area contributed by atoms with Crippen molar-refractivity contribution < 1.29 is 77.2 Å². The van der Waals surface area contributed by atoms with Crippen molar-refractivity contribution in [2.75, 3.05) is 0 Å². The average Bonchev–Trinajstić information content (AvgIpc) is 2.35. The summed E-state index contributed by atoms with van der Waals surface area (Å²) in [6.07, 6.45) is -7.53. The number of hydrogen-bond donors (Lipinski definition) is 3. The molecule has 0 aliphatic rings. The smallest absolute Gasteiger partial charge is 0.459 e. The molecule has 25 heavy (non-hydrogen) atoms. The second kappa shape index (κ2) is 5.49. The lowest BCUT2D eigenvalue weighted by Crippen LogP contribution is -2.75. The van der Waals surface area contributed by atoms with Gasteiger partial charge in [0, 0.05) is 0 Å². The van der Waals surface area contributed by atoms with Crippen LogP contribution in [0.3, 0.4) is 0 Å². The minimum absolute atomic E-state index is 4.11. The van der Waals surface area contributed by atoms with Crippen LogP contribution in [0.1, 0.15) is 0 Å². The zero-order valence-corrected chi connectivity index (χ0v) is 10.7. The highest BCUT2D eigenvalue weighted by molar-refractivity contribution is 5.77. The summed E-state index contributed by atoms with van der Waals surface area (Å²) in [5.74, 6) is -50.2. The second-order valence-corrected chi connectivity index (χ2v) is 4.34. The molecule has 0 rings (SSSR count). The SMILES string of the molecule is O=C(O)C(F)(F)C(O)(F)C(F)(F)C(F)(F)C(O)(F)C(F)(F)C(F)(F)F. The summed E-state index contributed by atoms with van der Waals surface area (Å²) in [5, 5.41) is 23.7. The number of alkyl halides is 13. The van der Waals surface area contributed by atoms with E-state index in [-0.39, 0.29) is 0 Å². The topological polar surface area (TPSA) is 77.8 Å². The Labute approximate surface area is 126 Å². The van der Waals surface area contributed by atoms with E-state index in [9.17, 15) is 61.9 Å². The molecule has 0 aromatic heterocycles. The van der Waals surface area contributed by atoms with Crippen molar-refractivity contribution in [2.24, 2.45) is 0 Å². The molecule has 4 nitrogen and oxygen atoms in total. The van der Waals surface area contributed by atoms with Crippen molar-refractivity contribution in [3.63, 3.8) is 0 Å². The normalized spacial score (nSPS) is 20.0.